The van der Waals surface area contributed by atoms with Crippen molar-refractivity contribution in [3.63, 3.8) is 0 Å². The molecule has 1 amide bonds. The highest BCUT2D eigenvalue weighted by molar-refractivity contribution is 5.96. The minimum atomic E-state index is -0.288. The van der Waals surface area contributed by atoms with Gasteiger partial charge in [-0.2, -0.15) is 0 Å². The van der Waals surface area contributed by atoms with Gasteiger partial charge in [0.25, 0.3) is 5.91 Å². The van der Waals surface area contributed by atoms with Crippen molar-refractivity contribution in [1.29, 1.82) is 0 Å². The van der Waals surface area contributed by atoms with Crippen LogP contribution in [-0.4, -0.2) is 54.9 Å². The lowest BCUT2D eigenvalue weighted by atomic mass is 10.0. The third-order valence-electron chi connectivity index (χ3n) is 3.59. The molecule has 1 unspecified atom stereocenters. The highest BCUT2D eigenvalue weighted by Gasteiger charge is 2.28. The number of carbonyl (C=O) groups excluding carboxylic acids is 1. The Balaban J connectivity index is 2.30. The minimum absolute atomic E-state index is 0.0914. The van der Waals surface area contributed by atoms with Crippen LogP contribution in [0.1, 0.15) is 21.5 Å². The Morgan fingerprint density at radius 1 is 1.57 bits per heavy atom. The van der Waals surface area contributed by atoms with Crippen molar-refractivity contribution in [2.75, 3.05) is 32.9 Å². The molecule has 0 spiro atoms. The van der Waals surface area contributed by atoms with Gasteiger partial charge in [-0.15, -0.1) is 0 Å². The third-order valence-corrected chi connectivity index (χ3v) is 3.59. The zero-order valence-electron chi connectivity index (χ0n) is 12.1. The van der Waals surface area contributed by atoms with Gasteiger partial charge >= 0.3 is 0 Å². The summed E-state index contributed by atoms with van der Waals surface area (Å²) in [5.41, 5.74) is 7.64. The number of ether oxygens (including phenoxy) is 1. The van der Waals surface area contributed by atoms with Gasteiger partial charge in [0.05, 0.1) is 32.4 Å². The zero-order valence-corrected chi connectivity index (χ0v) is 12.1. The molecule has 1 aromatic rings. The number of carbonyl (C=O) groups is 1. The number of aliphatic hydroxyl groups is 1. The average molecular weight is 288 g/mol. The molecule has 1 heterocycles. The van der Waals surface area contributed by atoms with Gasteiger partial charge in [0, 0.05) is 17.7 Å². The molecule has 3 N–H and O–H groups in total. The summed E-state index contributed by atoms with van der Waals surface area (Å²) >= 11 is 0. The second-order valence-electron chi connectivity index (χ2n) is 4.89. The first-order chi connectivity index (χ1) is 10.2. The molecule has 112 valence electrons. The van der Waals surface area contributed by atoms with E-state index in [1.807, 2.05) is 19.1 Å². The van der Waals surface area contributed by atoms with E-state index in [4.69, 9.17) is 10.5 Å². The fourth-order valence-corrected chi connectivity index (χ4v) is 2.38. The van der Waals surface area contributed by atoms with E-state index >= 15 is 0 Å². The zero-order chi connectivity index (χ0) is 15.2. The fourth-order valence-electron chi connectivity index (χ4n) is 2.38. The molecular weight excluding hydrogens is 268 g/mol. The molecule has 21 heavy (non-hydrogen) atoms. The number of rotatable bonds is 2. The molecule has 0 saturated carbocycles. The first-order valence-electron chi connectivity index (χ1n) is 6.97. The lowest BCUT2D eigenvalue weighted by Gasteiger charge is -2.34. The number of benzene rings is 1. The van der Waals surface area contributed by atoms with Crippen LogP contribution in [0.25, 0.3) is 0 Å². The van der Waals surface area contributed by atoms with Crippen LogP contribution in [0.5, 0.6) is 0 Å². The van der Waals surface area contributed by atoms with Crippen molar-refractivity contribution in [3.05, 3.63) is 34.9 Å². The molecule has 0 aliphatic carbocycles. The second kappa shape index (κ2) is 7.23. The van der Waals surface area contributed by atoms with Crippen LogP contribution in [0.15, 0.2) is 18.2 Å². The molecule has 1 aliphatic heterocycles. The van der Waals surface area contributed by atoms with Crippen molar-refractivity contribution >= 4 is 5.91 Å². The summed E-state index contributed by atoms with van der Waals surface area (Å²) in [6.45, 7) is 3.41. The summed E-state index contributed by atoms with van der Waals surface area (Å²) in [6, 6.07) is 5.19. The summed E-state index contributed by atoms with van der Waals surface area (Å²) in [6.07, 6.45) is 0. The molecule has 0 radical (unpaired) electrons. The number of hydrogen-bond donors (Lipinski definition) is 2. The van der Waals surface area contributed by atoms with Crippen molar-refractivity contribution in [2.45, 2.75) is 13.0 Å². The number of morpholine rings is 1. The van der Waals surface area contributed by atoms with Gasteiger partial charge in [-0.1, -0.05) is 17.9 Å². The standard InChI is InChI=1S/C16H20N2O3/c1-12-13(5-3-7-17)4-2-6-15(12)16(20)18-8-9-21-11-14(18)10-19/h2,4,6,14,19H,7-11,17H2,1H3. The molecule has 2 rings (SSSR count). The number of amides is 1. The first-order valence-corrected chi connectivity index (χ1v) is 6.97. The summed E-state index contributed by atoms with van der Waals surface area (Å²) in [4.78, 5) is 14.4. The summed E-state index contributed by atoms with van der Waals surface area (Å²) in [7, 11) is 0. The Bertz CT molecular complexity index is 575. The van der Waals surface area contributed by atoms with Crippen LogP contribution in [0.3, 0.4) is 0 Å². The molecule has 1 fully saturated rings. The van der Waals surface area contributed by atoms with Crippen LogP contribution >= 0.6 is 0 Å². The van der Waals surface area contributed by atoms with E-state index in [0.29, 0.717) is 25.3 Å². The smallest absolute Gasteiger partial charge is 0.254 e. The Morgan fingerprint density at radius 3 is 3.10 bits per heavy atom. The van der Waals surface area contributed by atoms with Gasteiger partial charge in [0.15, 0.2) is 0 Å². The molecule has 1 atom stereocenters. The predicted octanol–water partition coefficient (Wildman–Crippen LogP) is 0.139. The van der Waals surface area contributed by atoms with Crippen molar-refractivity contribution in [2.24, 2.45) is 5.73 Å². The Kier molecular flexibility index (Phi) is 5.34. The van der Waals surface area contributed by atoms with Crippen LogP contribution in [0.4, 0.5) is 0 Å². The van der Waals surface area contributed by atoms with Gasteiger partial charge in [0.2, 0.25) is 0 Å². The summed E-state index contributed by atoms with van der Waals surface area (Å²) in [5.74, 6) is 5.69. The summed E-state index contributed by atoms with van der Waals surface area (Å²) < 4.78 is 5.31. The Labute approximate surface area is 124 Å². The predicted molar refractivity (Wildman–Crippen MR) is 79.8 cm³/mol. The van der Waals surface area contributed by atoms with E-state index in [0.717, 1.165) is 11.1 Å². The van der Waals surface area contributed by atoms with Crippen LogP contribution < -0.4 is 5.73 Å². The maximum Gasteiger partial charge on any atom is 0.254 e. The summed E-state index contributed by atoms with van der Waals surface area (Å²) in [5, 5.41) is 9.39. The molecule has 5 heteroatoms. The lowest BCUT2D eigenvalue weighted by Crippen LogP contribution is -2.50. The van der Waals surface area contributed by atoms with E-state index in [1.54, 1.807) is 11.0 Å². The topological polar surface area (TPSA) is 75.8 Å². The Hall–Kier alpha value is -1.87. The number of hydrogen-bond acceptors (Lipinski definition) is 4. The highest BCUT2D eigenvalue weighted by Crippen LogP contribution is 2.18. The Morgan fingerprint density at radius 2 is 2.38 bits per heavy atom. The van der Waals surface area contributed by atoms with Gasteiger partial charge < -0.3 is 20.5 Å². The number of nitrogens with zero attached hydrogens (tertiary/aromatic N) is 1. The maximum absolute atomic E-state index is 12.7. The maximum atomic E-state index is 12.7. The quantitative estimate of drug-likeness (QED) is 0.759. The van der Waals surface area contributed by atoms with E-state index in [-0.39, 0.29) is 25.1 Å². The first kappa shape index (κ1) is 15.5. The van der Waals surface area contributed by atoms with Gasteiger partial charge in [-0.3, -0.25) is 4.79 Å². The normalized spacial score (nSPS) is 18.0. The van der Waals surface area contributed by atoms with Crippen LogP contribution in [0, 0.1) is 18.8 Å². The largest absolute Gasteiger partial charge is 0.394 e. The number of aliphatic hydroxyl groups excluding tert-OH is 1. The van der Waals surface area contributed by atoms with Gasteiger partial charge in [-0.25, -0.2) is 0 Å². The van der Waals surface area contributed by atoms with E-state index in [2.05, 4.69) is 11.8 Å². The molecule has 5 nitrogen and oxygen atoms in total. The SMILES string of the molecule is Cc1c(C#CCN)cccc1C(=O)N1CCOCC1CO. The van der Waals surface area contributed by atoms with E-state index < -0.39 is 0 Å². The molecule has 1 aromatic carbocycles. The monoisotopic (exact) mass is 288 g/mol. The number of nitrogens with two attached hydrogens (primary N) is 1. The lowest BCUT2D eigenvalue weighted by molar-refractivity contribution is -0.0184. The van der Waals surface area contributed by atoms with Gasteiger partial charge in [0.1, 0.15) is 0 Å². The van der Waals surface area contributed by atoms with Crippen molar-refractivity contribution in [3.8, 4) is 11.8 Å². The van der Waals surface area contributed by atoms with Gasteiger partial charge in [-0.05, 0) is 24.6 Å². The molecule has 1 saturated heterocycles. The van der Waals surface area contributed by atoms with E-state index in [9.17, 15) is 9.90 Å². The molecule has 1 aliphatic rings. The molecular formula is C16H20N2O3. The van der Waals surface area contributed by atoms with Crippen molar-refractivity contribution in [1.82, 2.24) is 4.90 Å². The molecule has 0 aromatic heterocycles. The second-order valence-corrected chi connectivity index (χ2v) is 4.89. The average Bonchev–Trinajstić information content (AvgIpc) is 2.53. The van der Waals surface area contributed by atoms with E-state index in [1.165, 1.54) is 0 Å². The van der Waals surface area contributed by atoms with Crippen LogP contribution in [0.2, 0.25) is 0 Å². The van der Waals surface area contributed by atoms with Crippen molar-refractivity contribution < 1.29 is 14.6 Å². The fraction of sp³-hybridized carbons (Fsp3) is 0.438. The highest BCUT2D eigenvalue weighted by atomic mass is 16.5. The van der Waals surface area contributed by atoms with Crippen LogP contribution in [-0.2, 0) is 4.74 Å². The molecule has 0 bridgehead atoms. The third kappa shape index (κ3) is 3.42. The minimum Gasteiger partial charge on any atom is -0.394 e.